The number of rotatable bonds is 4. The third-order valence-corrected chi connectivity index (χ3v) is 6.59. The Bertz CT molecular complexity index is 167. The Balaban J connectivity index is 2.48. The minimum absolute atomic E-state index is 0.336. The molecule has 1 aliphatic carbocycles. The van der Waals surface area contributed by atoms with Crippen molar-refractivity contribution in [3.8, 4) is 0 Å². The van der Waals surface area contributed by atoms with Crippen molar-refractivity contribution < 1.29 is 4.43 Å². The molecule has 2 nitrogen and oxygen atoms in total. The summed E-state index contributed by atoms with van der Waals surface area (Å²) in [6.07, 6.45) is 6.79. The van der Waals surface area contributed by atoms with Crippen LogP contribution in [0.2, 0.25) is 13.1 Å². The molecule has 2 N–H and O–H groups in total. The molecule has 84 valence electrons. The van der Waals surface area contributed by atoms with E-state index in [2.05, 4.69) is 20.0 Å². The monoisotopic (exact) mass is 215 g/mol. The van der Waals surface area contributed by atoms with Gasteiger partial charge in [0.1, 0.15) is 0 Å². The highest BCUT2D eigenvalue weighted by atomic mass is 28.4. The van der Waals surface area contributed by atoms with E-state index in [1.54, 1.807) is 0 Å². The fourth-order valence-electron chi connectivity index (χ4n) is 2.53. The van der Waals surface area contributed by atoms with Gasteiger partial charge < -0.3 is 10.2 Å². The van der Waals surface area contributed by atoms with E-state index in [0.717, 1.165) is 12.5 Å². The van der Waals surface area contributed by atoms with Crippen LogP contribution in [0.15, 0.2) is 0 Å². The molecule has 0 aromatic rings. The van der Waals surface area contributed by atoms with E-state index in [-0.39, 0.29) is 0 Å². The molecule has 1 atom stereocenters. The van der Waals surface area contributed by atoms with Gasteiger partial charge in [-0.3, -0.25) is 0 Å². The lowest BCUT2D eigenvalue weighted by Gasteiger charge is -2.36. The fourth-order valence-corrected chi connectivity index (χ4v) is 4.93. The van der Waals surface area contributed by atoms with Gasteiger partial charge in [-0.2, -0.15) is 0 Å². The van der Waals surface area contributed by atoms with Crippen molar-refractivity contribution in [3.63, 3.8) is 0 Å². The first-order valence-corrected chi connectivity index (χ1v) is 8.96. The summed E-state index contributed by atoms with van der Waals surface area (Å²) in [6.45, 7) is 7.41. The first-order chi connectivity index (χ1) is 6.58. The van der Waals surface area contributed by atoms with Gasteiger partial charge in [0.15, 0.2) is 0 Å². The Labute approximate surface area is 89.3 Å². The quantitative estimate of drug-likeness (QED) is 0.732. The van der Waals surface area contributed by atoms with Crippen molar-refractivity contribution in [3.05, 3.63) is 0 Å². The molecule has 1 fully saturated rings. The van der Waals surface area contributed by atoms with Crippen LogP contribution in [0.4, 0.5) is 0 Å². The first kappa shape index (κ1) is 12.2. The van der Waals surface area contributed by atoms with Gasteiger partial charge in [-0.15, -0.1) is 0 Å². The predicted octanol–water partition coefficient (Wildman–Crippen LogP) is 2.67. The summed E-state index contributed by atoms with van der Waals surface area (Å²) in [6, 6.07) is 0. The average molecular weight is 215 g/mol. The summed E-state index contributed by atoms with van der Waals surface area (Å²) in [5, 5.41) is 0. The van der Waals surface area contributed by atoms with E-state index < -0.39 is 8.32 Å². The maximum atomic E-state index is 6.35. The third kappa shape index (κ3) is 3.07. The lowest BCUT2D eigenvalue weighted by atomic mass is 9.89. The molecule has 1 aliphatic rings. The molecule has 3 heteroatoms. The molecular weight excluding hydrogens is 190 g/mol. The maximum absolute atomic E-state index is 6.35. The molecule has 0 aliphatic heterocycles. The zero-order valence-electron chi connectivity index (χ0n) is 9.88. The molecular formula is C11H25NOSi. The van der Waals surface area contributed by atoms with Crippen LogP contribution in [0, 0.1) is 5.92 Å². The lowest BCUT2D eigenvalue weighted by molar-refractivity contribution is 0.279. The summed E-state index contributed by atoms with van der Waals surface area (Å²) in [4.78, 5) is 0. The van der Waals surface area contributed by atoms with E-state index >= 15 is 0 Å². The Kier molecular flexibility index (Phi) is 4.61. The minimum Gasteiger partial charge on any atom is -0.416 e. The number of hydrogen-bond acceptors (Lipinski definition) is 2. The topological polar surface area (TPSA) is 35.2 Å². The van der Waals surface area contributed by atoms with Crippen LogP contribution in [-0.4, -0.2) is 20.6 Å². The molecule has 0 bridgehead atoms. The summed E-state index contributed by atoms with van der Waals surface area (Å²) >= 11 is 0. The second-order valence-corrected chi connectivity index (χ2v) is 9.12. The lowest BCUT2D eigenvalue weighted by Crippen LogP contribution is -2.54. The van der Waals surface area contributed by atoms with Crippen LogP contribution >= 0.6 is 0 Å². The molecule has 0 amide bonds. The predicted molar refractivity (Wildman–Crippen MR) is 63.7 cm³/mol. The smallest absolute Gasteiger partial charge is 0.203 e. The van der Waals surface area contributed by atoms with E-state index in [1.807, 2.05) is 0 Å². The van der Waals surface area contributed by atoms with Gasteiger partial charge in [-0.25, -0.2) is 0 Å². The van der Waals surface area contributed by atoms with Crippen molar-refractivity contribution in [1.82, 2.24) is 0 Å². The summed E-state index contributed by atoms with van der Waals surface area (Å²) in [5.41, 5.74) is 6.68. The Morgan fingerprint density at radius 1 is 1.29 bits per heavy atom. The normalized spacial score (nSPS) is 22.3. The van der Waals surface area contributed by atoms with Crippen molar-refractivity contribution in [1.29, 1.82) is 0 Å². The van der Waals surface area contributed by atoms with Crippen molar-refractivity contribution in [2.45, 2.75) is 57.8 Å². The zero-order chi connectivity index (χ0) is 10.6. The molecule has 0 radical (unpaired) electrons. The van der Waals surface area contributed by atoms with Crippen molar-refractivity contribution in [2.24, 2.45) is 11.7 Å². The highest BCUT2D eigenvalue weighted by Crippen LogP contribution is 2.29. The third-order valence-electron chi connectivity index (χ3n) is 3.48. The highest BCUT2D eigenvalue weighted by molar-refractivity contribution is 6.72. The maximum Gasteiger partial charge on any atom is 0.203 e. The largest absolute Gasteiger partial charge is 0.416 e. The fraction of sp³-hybridized carbons (Fsp3) is 1.00. The van der Waals surface area contributed by atoms with E-state index in [1.165, 1.54) is 32.1 Å². The Morgan fingerprint density at radius 3 is 2.36 bits per heavy atom. The van der Waals surface area contributed by atoms with Crippen molar-refractivity contribution >= 4 is 8.32 Å². The second kappa shape index (κ2) is 5.28. The second-order valence-electron chi connectivity index (χ2n) is 4.96. The van der Waals surface area contributed by atoms with E-state index in [9.17, 15) is 0 Å². The molecule has 1 rings (SSSR count). The van der Waals surface area contributed by atoms with Crippen LogP contribution in [0.3, 0.4) is 0 Å². The first-order valence-electron chi connectivity index (χ1n) is 5.97. The van der Waals surface area contributed by atoms with Gasteiger partial charge in [0.05, 0.1) is 0 Å². The minimum atomic E-state index is -1.62. The summed E-state index contributed by atoms with van der Waals surface area (Å²) in [5.74, 6) is 0.733. The van der Waals surface area contributed by atoms with Crippen LogP contribution in [0.25, 0.3) is 0 Å². The van der Waals surface area contributed by atoms with Gasteiger partial charge in [-0.1, -0.05) is 19.3 Å². The molecule has 0 aromatic carbocycles. The van der Waals surface area contributed by atoms with Crippen LogP contribution < -0.4 is 5.73 Å². The average Bonchev–Trinajstić information content (AvgIpc) is 2.18. The Morgan fingerprint density at radius 2 is 1.86 bits per heavy atom. The standard InChI is InChI=1S/C11H25NOSi/c1-4-13-14(2,3)11(12)10-8-6-5-7-9-10/h10-11H,4-9,12H2,1-3H3. The van der Waals surface area contributed by atoms with E-state index in [0.29, 0.717) is 5.67 Å². The van der Waals surface area contributed by atoms with Gasteiger partial charge in [0.25, 0.3) is 0 Å². The van der Waals surface area contributed by atoms with Gasteiger partial charge >= 0.3 is 0 Å². The van der Waals surface area contributed by atoms with Crippen molar-refractivity contribution in [2.75, 3.05) is 6.61 Å². The van der Waals surface area contributed by atoms with Gasteiger partial charge in [-0.05, 0) is 38.8 Å². The van der Waals surface area contributed by atoms with Crippen LogP contribution in [0.5, 0.6) is 0 Å². The van der Waals surface area contributed by atoms with Gasteiger partial charge in [0.2, 0.25) is 8.32 Å². The zero-order valence-corrected chi connectivity index (χ0v) is 10.9. The van der Waals surface area contributed by atoms with Gasteiger partial charge in [0, 0.05) is 12.3 Å². The number of nitrogens with two attached hydrogens (primary N) is 1. The molecule has 0 aromatic heterocycles. The molecule has 0 saturated heterocycles. The molecule has 14 heavy (non-hydrogen) atoms. The molecule has 1 unspecified atom stereocenters. The SMILES string of the molecule is CCO[Si](C)(C)C(N)C1CCCCC1. The number of hydrogen-bond donors (Lipinski definition) is 1. The molecule has 1 saturated carbocycles. The van der Waals surface area contributed by atoms with Crippen LogP contribution in [0.1, 0.15) is 39.0 Å². The highest BCUT2D eigenvalue weighted by Gasteiger charge is 2.36. The summed E-state index contributed by atoms with van der Waals surface area (Å²) in [7, 11) is -1.62. The molecule has 0 heterocycles. The summed E-state index contributed by atoms with van der Waals surface area (Å²) < 4.78 is 5.86. The van der Waals surface area contributed by atoms with E-state index in [4.69, 9.17) is 10.2 Å². The Hall–Kier alpha value is 0.137. The molecule has 0 spiro atoms. The van der Waals surface area contributed by atoms with Crippen LogP contribution in [-0.2, 0) is 4.43 Å².